The zero-order chi connectivity index (χ0) is 12.2. The number of Topliss-reactive ketones (excluding diaryl/α,β-unsaturated/α-hetero) is 1. The Balaban J connectivity index is 1.63. The fraction of sp³-hybridized carbons (Fsp3) is 0.812. The number of allylic oxidation sites excluding steroid dienone is 1. The molecule has 1 aliphatic heterocycles. The third-order valence-electron chi connectivity index (χ3n) is 5.75. The summed E-state index contributed by atoms with van der Waals surface area (Å²) >= 11 is 0. The molecule has 4 saturated carbocycles. The molecule has 4 fully saturated rings. The fourth-order valence-electron chi connectivity index (χ4n) is 5.46. The molecule has 0 N–H and O–H groups in total. The van der Waals surface area contributed by atoms with Crippen LogP contribution < -0.4 is 0 Å². The standard InChI is InChI=1S/C16H22O2/c17-15(14-2-1-3-18-10-14)16-7-11-4-12(8-16)6-13(5-11)9-16/h10-13H,1-9H2. The Kier molecular flexibility index (Phi) is 2.37. The van der Waals surface area contributed by atoms with E-state index in [-0.39, 0.29) is 5.41 Å². The summed E-state index contributed by atoms with van der Waals surface area (Å²) in [6.07, 6.45) is 11.5. The molecule has 2 nitrogen and oxygen atoms in total. The van der Waals surface area contributed by atoms with Crippen LogP contribution in [0.25, 0.3) is 0 Å². The molecule has 0 spiro atoms. The van der Waals surface area contributed by atoms with Crippen molar-refractivity contribution in [2.45, 2.75) is 51.4 Å². The Hall–Kier alpha value is -0.790. The summed E-state index contributed by atoms with van der Waals surface area (Å²) in [6, 6.07) is 0. The average molecular weight is 246 g/mol. The van der Waals surface area contributed by atoms with E-state index in [1.807, 2.05) is 0 Å². The minimum Gasteiger partial charge on any atom is -0.501 e. The highest BCUT2D eigenvalue weighted by atomic mass is 16.5. The van der Waals surface area contributed by atoms with Crippen molar-refractivity contribution >= 4 is 5.78 Å². The van der Waals surface area contributed by atoms with Gasteiger partial charge >= 0.3 is 0 Å². The molecule has 0 unspecified atom stereocenters. The van der Waals surface area contributed by atoms with Crippen LogP contribution in [-0.2, 0) is 9.53 Å². The predicted molar refractivity (Wildman–Crippen MR) is 68.9 cm³/mol. The van der Waals surface area contributed by atoms with Gasteiger partial charge in [0.2, 0.25) is 0 Å². The van der Waals surface area contributed by atoms with E-state index in [2.05, 4.69) is 0 Å². The maximum absolute atomic E-state index is 12.9. The molecule has 0 radical (unpaired) electrons. The van der Waals surface area contributed by atoms with Gasteiger partial charge in [0.1, 0.15) is 0 Å². The molecule has 0 atom stereocenters. The topological polar surface area (TPSA) is 26.3 Å². The molecule has 0 amide bonds. The lowest BCUT2D eigenvalue weighted by molar-refractivity contribution is -0.140. The van der Waals surface area contributed by atoms with Gasteiger partial charge in [-0.1, -0.05) is 0 Å². The molecule has 1 heterocycles. The third-order valence-corrected chi connectivity index (χ3v) is 5.75. The van der Waals surface area contributed by atoms with Crippen molar-refractivity contribution in [3.8, 4) is 0 Å². The molecule has 4 aliphatic carbocycles. The van der Waals surface area contributed by atoms with Crippen molar-refractivity contribution in [1.29, 1.82) is 0 Å². The van der Waals surface area contributed by atoms with Crippen molar-refractivity contribution in [2.75, 3.05) is 6.61 Å². The SMILES string of the molecule is O=C(C1=COCCC1)C12CC3CC(CC(C3)C1)C2. The first-order valence-corrected chi connectivity index (χ1v) is 7.61. The van der Waals surface area contributed by atoms with Crippen LogP contribution in [0, 0.1) is 23.2 Å². The van der Waals surface area contributed by atoms with Gasteiger partial charge < -0.3 is 4.74 Å². The summed E-state index contributed by atoms with van der Waals surface area (Å²) in [7, 11) is 0. The number of ketones is 1. The number of hydrogen-bond donors (Lipinski definition) is 0. The number of carbonyl (C=O) groups excluding carboxylic acids is 1. The minimum absolute atomic E-state index is 0.0291. The van der Waals surface area contributed by atoms with Gasteiger partial charge in [-0.3, -0.25) is 4.79 Å². The van der Waals surface area contributed by atoms with Gasteiger partial charge in [-0.25, -0.2) is 0 Å². The highest BCUT2D eigenvalue weighted by Crippen LogP contribution is 2.61. The average Bonchev–Trinajstić information content (AvgIpc) is 2.37. The van der Waals surface area contributed by atoms with Gasteiger partial charge in [-0.05, 0) is 69.1 Å². The van der Waals surface area contributed by atoms with Crippen LogP contribution in [0.4, 0.5) is 0 Å². The maximum atomic E-state index is 12.9. The molecule has 4 bridgehead atoms. The first kappa shape index (κ1) is 11.1. The zero-order valence-electron chi connectivity index (χ0n) is 11.0. The third kappa shape index (κ3) is 1.57. The Bertz CT molecular complexity index is 372. The maximum Gasteiger partial charge on any atom is 0.168 e. The fourth-order valence-corrected chi connectivity index (χ4v) is 5.46. The molecule has 0 aromatic heterocycles. The van der Waals surface area contributed by atoms with Crippen molar-refractivity contribution in [2.24, 2.45) is 23.2 Å². The van der Waals surface area contributed by atoms with Gasteiger partial charge in [0.15, 0.2) is 5.78 Å². The van der Waals surface area contributed by atoms with Crippen molar-refractivity contribution in [3.05, 3.63) is 11.8 Å². The van der Waals surface area contributed by atoms with E-state index in [0.29, 0.717) is 5.78 Å². The molecule has 5 aliphatic rings. The van der Waals surface area contributed by atoms with Crippen LogP contribution in [-0.4, -0.2) is 12.4 Å². The Morgan fingerprint density at radius 2 is 1.72 bits per heavy atom. The lowest BCUT2D eigenvalue weighted by Crippen LogP contribution is -2.50. The summed E-state index contributed by atoms with van der Waals surface area (Å²) in [5.41, 5.74) is 1.02. The first-order valence-electron chi connectivity index (χ1n) is 7.61. The van der Waals surface area contributed by atoms with E-state index in [9.17, 15) is 4.79 Å². The highest BCUT2D eigenvalue weighted by Gasteiger charge is 2.54. The largest absolute Gasteiger partial charge is 0.501 e. The molecule has 0 saturated heterocycles. The molecule has 0 aromatic rings. The Labute approximate surface area is 109 Å². The highest BCUT2D eigenvalue weighted by molar-refractivity contribution is 6.00. The van der Waals surface area contributed by atoms with Crippen molar-refractivity contribution in [3.63, 3.8) is 0 Å². The van der Waals surface area contributed by atoms with Gasteiger partial charge in [-0.2, -0.15) is 0 Å². The summed E-state index contributed by atoms with van der Waals surface area (Å²) < 4.78 is 5.38. The molecule has 0 aromatic carbocycles. The van der Waals surface area contributed by atoms with E-state index in [4.69, 9.17) is 4.74 Å². The van der Waals surface area contributed by atoms with Crippen molar-refractivity contribution < 1.29 is 9.53 Å². The van der Waals surface area contributed by atoms with Gasteiger partial charge in [0.05, 0.1) is 12.9 Å². The zero-order valence-corrected chi connectivity index (χ0v) is 11.0. The van der Waals surface area contributed by atoms with Gasteiger partial charge in [-0.15, -0.1) is 0 Å². The minimum atomic E-state index is 0.0291. The normalized spacial score (nSPS) is 45.6. The van der Waals surface area contributed by atoms with Gasteiger partial charge in [0, 0.05) is 11.0 Å². The molecule has 98 valence electrons. The number of hydrogen-bond acceptors (Lipinski definition) is 2. The number of carbonyl (C=O) groups is 1. The smallest absolute Gasteiger partial charge is 0.168 e. The first-order chi connectivity index (χ1) is 8.75. The van der Waals surface area contributed by atoms with E-state index in [1.54, 1.807) is 6.26 Å². The van der Waals surface area contributed by atoms with E-state index < -0.39 is 0 Å². The lowest BCUT2D eigenvalue weighted by Gasteiger charge is -2.56. The van der Waals surface area contributed by atoms with Crippen LogP contribution in [0.5, 0.6) is 0 Å². The summed E-state index contributed by atoms with van der Waals surface area (Å²) in [5, 5.41) is 0. The lowest BCUT2D eigenvalue weighted by atomic mass is 9.48. The van der Waals surface area contributed by atoms with Crippen LogP contribution in [0.3, 0.4) is 0 Å². The quantitative estimate of drug-likeness (QED) is 0.745. The number of rotatable bonds is 2. The number of ether oxygens (including phenoxy) is 1. The van der Waals surface area contributed by atoms with Crippen molar-refractivity contribution in [1.82, 2.24) is 0 Å². The summed E-state index contributed by atoms with van der Waals surface area (Å²) in [6.45, 7) is 0.789. The molecular weight excluding hydrogens is 224 g/mol. The summed E-state index contributed by atoms with van der Waals surface area (Å²) in [5.74, 6) is 3.02. The monoisotopic (exact) mass is 246 g/mol. The van der Waals surface area contributed by atoms with Crippen LogP contribution in [0.2, 0.25) is 0 Å². The molecule has 5 rings (SSSR count). The second kappa shape index (κ2) is 3.85. The molecular formula is C16H22O2. The molecule has 18 heavy (non-hydrogen) atoms. The van der Waals surface area contributed by atoms with E-state index >= 15 is 0 Å². The van der Waals surface area contributed by atoms with E-state index in [1.165, 1.54) is 38.5 Å². The van der Waals surface area contributed by atoms with Crippen LogP contribution in [0.15, 0.2) is 11.8 Å². The Morgan fingerprint density at radius 3 is 2.22 bits per heavy atom. The van der Waals surface area contributed by atoms with Gasteiger partial charge in [0.25, 0.3) is 0 Å². The van der Waals surface area contributed by atoms with Crippen LogP contribution >= 0.6 is 0 Å². The summed E-state index contributed by atoms with van der Waals surface area (Å²) in [4.78, 5) is 12.9. The second-order valence-corrected chi connectivity index (χ2v) is 7.14. The van der Waals surface area contributed by atoms with E-state index in [0.717, 1.165) is 42.8 Å². The van der Waals surface area contributed by atoms with Crippen LogP contribution in [0.1, 0.15) is 51.4 Å². The second-order valence-electron chi connectivity index (χ2n) is 7.14. The molecule has 2 heteroatoms. The Morgan fingerprint density at radius 1 is 1.11 bits per heavy atom. The predicted octanol–water partition coefficient (Wildman–Crippen LogP) is 3.47.